The lowest BCUT2D eigenvalue weighted by atomic mass is 10.2. The number of fused-ring (bicyclic) bond motifs is 1. The number of carbonyl (C=O) groups excluding carboxylic acids is 2. The quantitative estimate of drug-likeness (QED) is 0.620. The van der Waals surface area contributed by atoms with Gasteiger partial charge < -0.3 is 14.8 Å². The van der Waals surface area contributed by atoms with Gasteiger partial charge in [0.25, 0.3) is 0 Å². The number of nitrogens with one attached hydrogen (secondary N) is 1. The molecule has 0 bridgehead atoms. The van der Waals surface area contributed by atoms with Crippen LogP contribution in [0.2, 0.25) is 0 Å². The first-order chi connectivity index (χ1) is 14.4. The molecule has 1 N–H and O–H groups in total. The Morgan fingerprint density at radius 1 is 1.00 bits per heavy atom. The second kappa shape index (κ2) is 9.57. The lowest BCUT2D eigenvalue weighted by molar-refractivity contribution is -0.134. The number of aromatic nitrogens is 2. The molecule has 3 rings (SSSR count). The second-order valence-electron chi connectivity index (χ2n) is 8.08. The van der Waals surface area contributed by atoms with Gasteiger partial charge in [0, 0.05) is 18.5 Å². The maximum Gasteiger partial charge on any atom is 0.243 e. The molecule has 6 heteroatoms. The Hall–Kier alpha value is -3.15. The monoisotopic (exact) mass is 406 g/mol. The van der Waals surface area contributed by atoms with Crippen LogP contribution < -0.4 is 5.32 Å². The largest absolute Gasteiger partial charge is 0.349 e. The van der Waals surface area contributed by atoms with Crippen molar-refractivity contribution in [1.82, 2.24) is 19.8 Å². The van der Waals surface area contributed by atoms with Crippen molar-refractivity contribution in [3.63, 3.8) is 0 Å². The number of hydrogen-bond donors (Lipinski definition) is 1. The summed E-state index contributed by atoms with van der Waals surface area (Å²) in [4.78, 5) is 31.9. The van der Waals surface area contributed by atoms with Crippen LogP contribution in [-0.4, -0.2) is 32.3 Å². The van der Waals surface area contributed by atoms with Crippen LogP contribution in [0.25, 0.3) is 11.0 Å². The molecule has 0 spiro atoms. The Balaban J connectivity index is 1.86. The van der Waals surface area contributed by atoms with Crippen LogP contribution in [0.5, 0.6) is 0 Å². The number of carbonyl (C=O) groups is 2. The normalized spacial score (nSPS) is 11.3. The van der Waals surface area contributed by atoms with Gasteiger partial charge in [-0.15, -0.1) is 0 Å². The summed E-state index contributed by atoms with van der Waals surface area (Å²) in [7, 11) is 0. The molecule has 0 aliphatic heterocycles. The highest BCUT2D eigenvalue weighted by atomic mass is 16.2. The van der Waals surface area contributed by atoms with Gasteiger partial charge in [0.1, 0.15) is 12.4 Å². The van der Waals surface area contributed by atoms with Crippen molar-refractivity contribution in [1.29, 1.82) is 0 Å². The van der Waals surface area contributed by atoms with E-state index in [9.17, 15) is 9.59 Å². The minimum Gasteiger partial charge on any atom is -0.349 e. The Bertz CT molecular complexity index is 1010. The average Bonchev–Trinajstić information content (AvgIpc) is 3.08. The Morgan fingerprint density at radius 3 is 2.33 bits per heavy atom. The van der Waals surface area contributed by atoms with Gasteiger partial charge in [-0.3, -0.25) is 9.59 Å². The zero-order chi connectivity index (χ0) is 21.7. The molecule has 0 atom stereocenters. The van der Waals surface area contributed by atoms with Crippen LogP contribution in [0.3, 0.4) is 0 Å². The third-order valence-electron chi connectivity index (χ3n) is 5.11. The highest BCUT2D eigenvalue weighted by Gasteiger charge is 2.21. The number of nitrogens with zero attached hydrogens (tertiary/aromatic N) is 3. The van der Waals surface area contributed by atoms with Crippen molar-refractivity contribution in [2.45, 2.75) is 53.4 Å². The molecule has 1 heterocycles. The van der Waals surface area contributed by atoms with Gasteiger partial charge in [-0.1, -0.05) is 56.3 Å². The van der Waals surface area contributed by atoms with Crippen molar-refractivity contribution in [3.05, 3.63) is 66.0 Å². The van der Waals surface area contributed by atoms with Gasteiger partial charge in [0.15, 0.2) is 0 Å². The van der Waals surface area contributed by atoms with E-state index in [1.807, 2.05) is 91.8 Å². The molecule has 2 aromatic carbocycles. The first kappa shape index (κ1) is 21.6. The SMILES string of the molecule is CC(C)C(=O)NCc1nc2ccccc2n1CC(=O)N(Cc1ccccc1)C(C)C. The van der Waals surface area contributed by atoms with Crippen LogP contribution >= 0.6 is 0 Å². The molecule has 6 nitrogen and oxygen atoms in total. The van der Waals surface area contributed by atoms with Crippen molar-refractivity contribution < 1.29 is 9.59 Å². The van der Waals surface area contributed by atoms with Gasteiger partial charge >= 0.3 is 0 Å². The molecular formula is C24H30N4O2. The molecule has 0 fully saturated rings. The van der Waals surface area contributed by atoms with E-state index < -0.39 is 0 Å². The molecule has 0 radical (unpaired) electrons. The predicted molar refractivity (Wildman–Crippen MR) is 119 cm³/mol. The van der Waals surface area contributed by atoms with Crippen LogP contribution in [0.15, 0.2) is 54.6 Å². The summed E-state index contributed by atoms with van der Waals surface area (Å²) in [5, 5.41) is 2.92. The first-order valence-corrected chi connectivity index (χ1v) is 10.4. The maximum absolute atomic E-state index is 13.3. The smallest absolute Gasteiger partial charge is 0.243 e. The third-order valence-corrected chi connectivity index (χ3v) is 5.11. The summed E-state index contributed by atoms with van der Waals surface area (Å²) >= 11 is 0. The van der Waals surface area contributed by atoms with Crippen LogP contribution in [0.4, 0.5) is 0 Å². The molecule has 3 aromatic rings. The Kier molecular flexibility index (Phi) is 6.87. The topological polar surface area (TPSA) is 67.2 Å². The van der Waals surface area contributed by atoms with Crippen LogP contribution in [0, 0.1) is 5.92 Å². The zero-order valence-electron chi connectivity index (χ0n) is 18.1. The van der Waals surface area contributed by atoms with Crippen molar-refractivity contribution in [3.8, 4) is 0 Å². The standard InChI is InChI=1S/C24H30N4O2/c1-17(2)24(30)25-14-22-26-20-12-8-9-13-21(20)28(22)16-23(29)27(18(3)4)15-19-10-6-5-7-11-19/h5-13,17-18H,14-16H2,1-4H3,(H,25,30). The predicted octanol–water partition coefficient (Wildman–Crippen LogP) is 3.75. The maximum atomic E-state index is 13.3. The van der Waals surface area contributed by atoms with Crippen molar-refractivity contribution >= 4 is 22.8 Å². The van der Waals surface area contributed by atoms with E-state index in [0.717, 1.165) is 16.6 Å². The molecular weight excluding hydrogens is 376 g/mol. The lowest BCUT2D eigenvalue weighted by Gasteiger charge is -2.27. The number of para-hydroxylation sites is 2. The molecule has 0 aliphatic rings. The molecule has 158 valence electrons. The summed E-state index contributed by atoms with van der Waals surface area (Å²) in [5.74, 6) is 0.565. The number of benzene rings is 2. The van der Waals surface area contributed by atoms with Gasteiger partial charge in [-0.25, -0.2) is 4.98 Å². The number of rotatable bonds is 8. The third kappa shape index (κ3) is 5.06. The van der Waals surface area contributed by atoms with Crippen molar-refractivity contribution in [2.75, 3.05) is 0 Å². The van der Waals surface area contributed by atoms with E-state index in [0.29, 0.717) is 18.9 Å². The van der Waals surface area contributed by atoms with E-state index in [2.05, 4.69) is 10.3 Å². The summed E-state index contributed by atoms with van der Waals surface area (Å²) in [5.41, 5.74) is 2.81. The second-order valence-corrected chi connectivity index (χ2v) is 8.08. The number of imidazole rings is 1. The number of hydrogen-bond acceptors (Lipinski definition) is 3. The van der Waals surface area contributed by atoms with Gasteiger partial charge in [-0.2, -0.15) is 0 Å². The molecule has 0 aliphatic carbocycles. The van der Waals surface area contributed by atoms with E-state index in [1.54, 1.807) is 0 Å². The summed E-state index contributed by atoms with van der Waals surface area (Å²) in [6.07, 6.45) is 0. The highest BCUT2D eigenvalue weighted by molar-refractivity contribution is 5.82. The van der Waals surface area contributed by atoms with Gasteiger partial charge in [0.2, 0.25) is 11.8 Å². The van der Waals surface area contributed by atoms with Crippen LogP contribution in [-0.2, 0) is 29.2 Å². The lowest BCUT2D eigenvalue weighted by Crippen LogP contribution is -2.39. The Morgan fingerprint density at radius 2 is 1.67 bits per heavy atom. The molecule has 0 saturated heterocycles. The van der Waals surface area contributed by atoms with Gasteiger partial charge in [-0.05, 0) is 31.5 Å². The zero-order valence-corrected chi connectivity index (χ0v) is 18.1. The molecule has 0 saturated carbocycles. The fraction of sp³-hybridized carbons (Fsp3) is 0.375. The van der Waals surface area contributed by atoms with E-state index in [4.69, 9.17) is 0 Å². The summed E-state index contributed by atoms with van der Waals surface area (Å²) < 4.78 is 1.92. The minimum absolute atomic E-state index is 0.0217. The van der Waals surface area contributed by atoms with E-state index in [-0.39, 0.29) is 30.3 Å². The molecule has 30 heavy (non-hydrogen) atoms. The summed E-state index contributed by atoms with van der Waals surface area (Å²) in [6.45, 7) is 8.78. The first-order valence-electron chi connectivity index (χ1n) is 10.4. The molecule has 0 unspecified atom stereocenters. The summed E-state index contributed by atoms with van der Waals surface area (Å²) in [6, 6.07) is 17.8. The minimum atomic E-state index is -0.105. The molecule has 1 aromatic heterocycles. The number of amides is 2. The fourth-order valence-electron chi connectivity index (χ4n) is 3.37. The average molecular weight is 407 g/mol. The van der Waals surface area contributed by atoms with E-state index in [1.165, 1.54) is 0 Å². The molecule has 2 amide bonds. The highest BCUT2D eigenvalue weighted by Crippen LogP contribution is 2.18. The van der Waals surface area contributed by atoms with Gasteiger partial charge in [0.05, 0.1) is 17.6 Å². The fourth-order valence-corrected chi connectivity index (χ4v) is 3.37. The van der Waals surface area contributed by atoms with Crippen molar-refractivity contribution in [2.24, 2.45) is 5.92 Å². The van der Waals surface area contributed by atoms with Crippen LogP contribution in [0.1, 0.15) is 39.1 Å². The van der Waals surface area contributed by atoms with E-state index >= 15 is 0 Å². The Labute approximate surface area is 177 Å².